The molecular weight excluding hydrogens is 481 g/mol. The molecule has 29 heavy (non-hydrogen) atoms. The molecule has 2 aromatic rings. The molecule has 0 aromatic heterocycles. The van der Waals surface area contributed by atoms with Crippen molar-refractivity contribution in [3.05, 3.63) is 60.2 Å². The van der Waals surface area contributed by atoms with Crippen LogP contribution in [0.4, 0.5) is 0 Å². The second kappa shape index (κ2) is 13.3. The van der Waals surface area contributed by atoms with Gasteiger partial charge in [0.15, 0.2) is 17.5 Å². The van der Waals surface area contributed by atoms with Gasteiger partial charge in [0.05, 0.1) is 13.2 Å². The van der Waals surface area contributed by atoms with E-state index in [9.17, 15) is 0 Å². The van der Waals surface area contributed by atoms with Gasteiger partial charge in [0, 0.05) is 20.2 Å². The quantitative estimate of drug-likeness (QED) is 0.233. The van der Waals surface area contributed by atoms with E-state index in [0.29, 0.717) is 19.8 Å². The first-order chi connectivity index (χ1) is 13.8. The van der Waals surface area contributed by atoms with Gasteiger partial charge in [0.25, 0.3) is 0 Å². The van der Waals surface area contributed by atoms with Gasteiger partial charge in [0.2, 0.25) is 0 Å². The zero-order valence-electron chi connectivity index (χ0n) is 16.8. The maximum Gasteiger partial charge on any atom is 0.191 e. The highest BCUT2D eigenvalue weighted by atomic mass is 127. The Morgan fingerprint density at radius 1 is 1.03 bits per heavy atom. The minimum atomic E-state index is -0.0418. The van der Waals surface area contributed by atoms with E-state index in [1.54, 1.807) is 7.05 Å². The Balaban J connectivity index is 0.00000300. The van der Waals surface area contributed by atoms with Crippen LogP contribution in [0.1, 0.15) is 18.4 Å². The summed E-state index contributed by atoms with van der Waals surface area (Å²) in [6, 6.07) is 18.0. The van der Waals surface area contributed by atoms with Crippen molar-refractivity contribution in [1.29, 1.82) is 0 Å². The van der Waals surface area contributed by atoms with Gasteiger partial charge in [0.1, 0.15) is 12.7 Å². The molecule has 1 aliphatic rings. The van der Waals surface area contributed by atoms with E-state index in [-0.39, 0.29) is 30.1 Å². The molecule has 2 aromatic carbocycles. The van der Waals surface area contributed by atoms with Gasteiger partial charge < -0.3 is 24.8 Å². The average molecular weight is 511 g/mol. The number of ether oxygens (including phenoxy) is 3. The van der Waals surface area contributed by atoms with Crippen LogP contribution in [-0.2, 0) is 11.3 Å². The number of aliphatic imine (C=N–C) groups is 1. The fourth-order valence-corrected chi connectivity index (χ4v) is 2.89. The summed E-state index contributed by atoms with van der Waals surface area (Å²) in [7, 11) is 1.77. The number of halogens is 1. The standard InChI is InChI=1S/C22H29N3O3.HI/c1-23-22(24-13-7-8-14-26-16-18-9-3-2-4-10-18)25-15-19-17-27-20-11-5-6-12-21(20)28-19;/h2-6,9-12,19H,7-8,13-17H2,1H3,(H2,23,24,25);1H. The minimum Gasteiger partial charge on any atom is -0.486 e. The van der Waals surface area contributed by atoms with E-state index in [1.165, 1.54) is 5.56 Å². The maximum atomic E-state index is 5.95. The third kappa shape index (κ3) is 8.10. The summed E-state index contributed by atoms with van der Waals surface area (Å²) in [5.41, 5.74) is 1.21. The van der Waals surface area contributed by atoms with Crippen LogP contribution in [0.25, 0.3) is 0 Å². The molecule has 2 N–H and O–H groups in total. The molecule has 6 nitrogen and oxygen atoms in total. The molecule has 0 bridgehead atoms. The molecule has 1 unspecified atom stereocenters. The van der Waals surface area contributed by atoms with E-state index in [2.05, 4.69) is 27.8 Å². The summed E-state index contributed by atoms with van der Waals surface area (Å²) in [5.74, 6) is 2.36. The molecule has 0 saturated heterocycles. The normalized spacial score (nSPS) is 15.3. The summed E-state index contributed by atoms with van der Waals surface area (Å²) in [4.78, 5) is 4.26. The van der Waals surface area contributed by atoms with Gasteiger partial charge in [-0.2, -0.15) is 0 Å². The highest BCUT2D eigenvalue weighted by Gasteiger charge is 2.20. The molecule has 0 amide bonds. The van der Waals surface area contributed by atoms with Gasteiger partial charge in [-0.15, -0.1) is 24.0 Å². The van der Waals surface area contributed by atoms with Crippen LogP contribution in [0.5, 0.6) is 11.5 Å². The van der Waals surface area contributed by atoms with Crippen molar-refractivity contribution in [2.75, 3.05) is 33.4 Å². The highest BCUT2D eigenvalue weighted by molar-refractivity contribution is 14.0. The monoisotopic (exact) mass is 511 g/mol. The smallest absolute Gasteiger partial charge is 0.191 e. The lowest BCUT2D eigenvalue weighted by Gasteiger charge is -2.27. The summed E-state index contributed by atoms with van der Waals surface area (Å²) in [6.45, 7) is 3.44. The Hall–Kier alpha value is -2.00. The Kier molecular flexibility index (Phi) is 10.6. The number of unbranched alkanes of at least 4 members (excludes halogenated alkanes) is 1. The molecule has 1 atom stereocenters. The number of fused-ring (bicyclic) bond motifs is 1. The van der Waals surface area contributed by atoms with Crippen molar-refractivity contribution in [2.24, 2.45) is 4.99 Å². The fraction of sp³-hybridized carbons (Fsp3) is 0.409. The molecule has 0 spiro atoms. The van der Waals surface area contributed by atoms with Crippen molar-refractivity contribution in [3.63, 3.8) is 0 Å². The summed E-state index contributed by atoms with van der Waals surface area (Å²) < 4.78 is 17.4. The first-order valence-corrected chi connectivity index (χ1v) is 9.80. The van der Waals surface area contributed by atoms with Crippen LogP contribution in [0.2, 0.25) is 0 Å². The van der Waals surface area contributed by atoms with Gasteiger partial charge in [-0.25, -0.2) is 0 Å². The molecule has 0 saturated carbocycles. The topological polar surface area (TPSA) is 64.1 Å². The zero-order chi connectivity index (χ0) is 19.4. The van der Waals surface area contributed by atoms with Crippen LogP contribution in [0.3, 0.4) is 0 Å². The molecule has 0 radical (unpaired) electrons. The average Bonchev–Trinajstić information content (AvgIpc) is 2.75. The van der Waals surface area contributed by atoms with Crippen molar-refractivity contribution in [2.45, 2.75) is 25.6 Å². The van der Waals surface area contributed by atoms with Crippen molar-refractivity contribution in [1.82, 2.24) is 10.6 Å². The van der Waals surface area contributed by atoms with Crippen LogP contribution < -0.4 is 20.1 Å². The number of hydrogen-bond donors (Lipinski definition) is 2. The molecule has 1 heterocycles. The Labute approximate surface area is 190 Å². The van der Waals surface area contributed by atoms with Crippen molar-refractivity contribution >= 4 is 29.9 Å². The fourth-order valence-electron chi connectivity index (χ4n) is 2.89. The van der Waals surface area contributed by atoms with E-state index in [1.807, 2.05) is 42.5 Å². The van der Waals surface area contributed by atoms with Crippen LogP contribution in [0.15, 0.2) is 59.6 Å². The predicted octanol–water partition coefficient (Wildman–Crippen LogP) is 3.61. The zero-order valence-corrected chi connectivity index (χ0v) is 19.1. The number of rotatable bonds is 9. The molecule has 158 valence electrons. The Morgan fingerprint density at radius 3 is 2.59 bits per heavy atom. The highest BCUT2D eigenvalue weighted by Crippen LogP contribution is 2.30. The summed E-state index contributed by atoms with van der Waals surface area (Å²) >= 11 is 0. The minimum absolute atomic E-state index is 0. The van der Waals surface area contributed by atoms with E-state index in [4.69, 9.17) is 14.2 Å². The molecule has 7 heteroatoms. The van der Waals surface area contributed by atoms with Crippen molar-refractivity contribution < 1.29 is 14.2 Å². The lowest BCUT2D eigenvalue weighted by molar-refractivity contribution is 0.0936. The predicted molar refractivity (Wildman–Crippen MR) is 126 cm³/mol. The summed E-state index contributed by atoms with van der Waals surface area (Å²) in [6.07, 6.45) is 1.99. The molecule has 0 fully saturated rings. The number of para-hydroxylation sites is 2. The van der Waals surface area contributed by atoms with Crippen LogP contribution >= 0.6 is 24.0 Å². The SMILES string of the molecule is CN=C(NCCCCOCc1ccccc1)NCC1COc2ccccc2O1.I. The summed E-state index contributed by atoms with van der Waals surface area (Å²) in [5, 5.41) is 6.62. The first-order valence-electron chi connectivity index (χ1n) is 9.80. The number of guanidine groups is 1. The lowest BCUT2D eigenvalue weighted by atomic mass is 10.2. The second-order valence-electron chi connectivity index (χ2n) is 6.62. The number of nitrogens with one attached hydrogen (secondary N) is 2. The van der Waals surface area contributed by atoms with Gasteiger partial charge in [-0.05, 0) is 30.5 Å². The van der Waals surface area contributed by atoms with E-state index in [0.717, 1.165) is 43.5 Å². The number of hydrogen-bond acceptors (Lipinski definition) is 4. The molecule has 1 aliphatic heterocycles. The third-order valence-corrected chi connectivity index (χ3v) is 4.41. The second-order valence-corrected chi connectivity index (χ2v) is 6.62. The van der Waals surface area contributed by atoms with E-state index >= 15 is 0 Å². The van der Waals surface area contributed by atoms with Crippen molar-refractivity contribution in [3.8, 4) is 11.5 Å². The van der Waals surface area contributed by atoms with Crippen LogP contribution in [-0.4, -0.2) is 45.4 Å². The molecule has 3 rings (SSSR count). The van der Waals surface area contributed by atoms with Gasteiger partial charge in [-0.3, -0.25) is 4.99 Å². The molecule has 0 aliphatic carbocycles. The largest absolute Gasteiger partial charge is 0.486 e. The maximum absolute atomic E-state index is 5.95. The first kappa shape index (κ1) is 23.3. The Morgan fingerprint density at radius 2 is 1.79 bits per heavy atom. The van der Waals surface area contributed by atoms with Gasteiger partial charge in [-0.1, -0.05) is 42.5 Å². The number of nitrogens with zero attached hydrogens (tertiary/aromatic N) is 1. The number of benzene rings is 2. The molecular formula is C22H30IN3O3. The van der Waals surface area contributed by atoms with E-state index < -0.39 is 0 Å². The lowest BCUT2D eigenvalue weighted by Crippen LogP contribution is -2.45. The Bertz CT molecular complexity index is 743. The third-order valence-electron chi connectivity index (χ3n) is 4.41. The van der Waals surface area contributed by atoms with Gasteiger partial charge >= 0.3 is 0 Å². The van der Waals surface area contributed by atoms with Crippen LogP contribution in [0, 0.1) is 0 Å².